The third-order valence-electron chi connectivity index (χ3n) is 2.06. The minimum absolute atomic E-state index is 0.0381. The number of carbonyl (C=O) groups excluding carboxylic acids is 1. The number of benzene rings is 1. The molecule has 0 bridgehead atoms. The Morgan fingerprint density at radius 2 is 2.13 bits per heavy atom. The first-order chi connectivity index (χ1) is 7.13. The molecule has 3 N–H and O–H groups in total. The second-order valence-electron chi connectivity index (χ2n) is 3.01. The van der Waals surface area contributed by atoms with Gasteiger partial charge in [-0.2, -0.15) is 0 Å². The van der Waals surface area contributed by atoms with Crippen LogP contribution in [-0.4, -0.2) is 11.4 Å². The lowest BCUT2D eigenvalue weighted by molar-refractivity contribution is 0.112. The molecule has 0 aliphatic heterocycles. The molecule has 0 radical (unpaired) electrons. The van der Waals surface area contributed by atoms with Gasteiger partial charge in [-0.25, -0.2) is 0 Å². The maximum atomic E-state index is 11.6. The van der Waals surface area contributed by atoms with Gasteiger partial charge in [0, 0.05) is 6.07 Å². The zero-order chi connectivity index (χ0) is 11.0. The molecule has 5 heteroatoms. The number of phenols is 1. The van der Waals surface area contributed by atoms with Gasteiger partial charge in [0.1, 0.15) is 16.9 Å². The molecule has 0 saturated heterocycles. The number of rotatable bonds is 1. The van der Waals surface area contributed by atoms with Crippen LogP contribution in [0.5, 0.6) is 5.75 Å². The molecule has 1 heterocycles. The van der Waals surface area contributed by atoms with Crippen molar-refractivity contribution in [3.63, 3.8) is 0 Å². The van der Waals surface area contributed by atoms with E-state index in [9.17, 15) is 9.59 Å². The highest BCUT2D eigenvalue weighted by atomic mass is 16.3. The Morgan fingerprint density at radius 3 is 2.80 bits per heavy atom. The predicted octanol–water partition coefficient (Wildman–Crippen LogP) is 0.893. The Hall–Kier alpha value is -2.30. The van der Waals surface area contributed by atoms with E-state index in [1.807, 2.05) is 0 Å². The number of anilines is 1. The molecule has 0 fully saturated rings. The van der Waals surface area contributed by atoms with Crippen molar-refractivity contribution in [2.75, 3.05) is 5.73 Å². The maximum Gasteiger partial charge on any atom is 0.205 e. The van der Waals surface area contributed by atoms with E-state index in [1.54, 1.807) is 0 Å². The third kappa shape index (κ3) is 1.34. The standard InChI is InChI=1S/C10H7NO4/c11-10-7(4-12)9(14)6-2-1-5(13)3-8(6)15-10/h1-4,13H,11H2. The first kappa shape index (κ1) is 9.26. The molecule has 76 valence electrons. The number of nitrogens with two attached hydrogens (primary N) is 1. The first-order valence-corrected chi connectivity index (χ1v) is 4.14. The Kier molecular flexibility index (Phi) is 1.93. The van der Waals surface area contributed by atoms with E-state index >= 15 is 0 Å². The summed E-state index contributed by atoms with van der Waals surface area (Å²) in [6.45, 7) is 0. The Bertz CT molecular complexity index is 600. The number of aldehydes is 1. The van der Waals surface area contributed by atoms with Crippen LogP contribution in [0.1, 0.15) is 10.4 Å². The van der Waals surface area contributed by atoms with Crippen LogP contribution in [0.25, 0.3) is 11.0 Å². The smallest absolute Gasteiger partial charge is 0.205 e. The summed E-state index contributed by atoms with van der Waals surface area (Å²) in [6, 6.07) is 3.98. The highest BCUT2D eigenvalue weighted by molar-refractivity contribution is 5.89. The molecule has 0 aliphatic rings. The third-order valence-corrected chi connectivity index (χ3v) is 2.06. The van der Waals surface area contributed by atoms with Crippen molar-refractivity contribution in [3.05, 3.63) is 34.0 Å². The predicted molar refractivity (Wildman–Crippen MR) is 53.9 cm³/mol. The van der Waals surface area contributed by atoms with E-state index in [4.69, 9.17) is 15.3 Å². The number of hydrogen-bond donors (Lipinski definition) is 2. The van der Waals surface area contributed by atoms with E-state index in [-0.39, 0.29) is 28.2 Å². The Morgan fingerprint density at radius 1 is 1.40 bits per heavy atom. The molecule has 5 nitrogen and oxygen atoms in total. The van der Waals surface area contributed by atoms with Crippen molar-refractivity contribution < 1.29 is 14.3 Å². The van der Waals surface area contributed by atoms with Crippen LogP contribution in [0.3, 0.4) is 0 Å². The van der Waals surface area contributed by atoms with Gasteiger partial charge < -0.3 is 15.3 Å². The zero-order valence-corrected chi connectivity index (χ0v) is 7.56. The molecule has 2 rings (SSSR count). The van der Waals surface area contributed by atoms with Crippen LogP contribution in [0.4, 0.5) is 5.88 Å². The largest absolute Gasteiger partial charge is 0.508 e. The summed E-state index contributed by atoms with van der Waals surface area (Å²) in [5.41, 5.74) is 4.83. The lowest BCUT2D eigenvalue weighted by Gasteiger charge is -2.01. The normalized spacial score (nSPS) is 10.4. The average molecular weight is 205 g/mol. The molecule has 0 aliphatic carbocycles. The highest BCUT2D eigenvalue weighted by Gasteiger charge is 2.11. The van der Waals surface area contributed by atoms with Gasteiger partial charge >= 0.3 is 0 Å². The second-order valence-corrected chi connectivity index (χ2v) is 3.01. The van der Waals surface area contributed by atoms with Gasteiger partial charge in [-0.15, -0.1) is 0 Å². The molecule has 0 saturated carbocycles. The van der Waals surface area contributed by atoms with Crippen LogP contribution >= 0.6 is 0 Å². The molecular formula is C10H7NO4. The maximum absolute atomic E-state index is 11.6. The molecule has 1 aromatic heterocycles. The molecule has 0 spiro atoms. The van der Waals surface area contributed by atoms with Crippen LogP contribution in [-0.2, 0) is 0 Å². The number of fused-ring (bicyclic) bond motifs is 1. The average Bonchev–Trinajstić information content (AvgIpc) is 2.17. The van der Waals surface area contributed by atoms with Crippen LogP contribution in [0.15, 0.2) is 27.4 Å². The number of phenolic OH excluding ortho intramolecular Hbond substituents is 1. The zero-order valence-electron chi connectivity index (χ0n) is 7.56. The fraction of sp³-hybridized carbons (Fsp3) is 0. The van der Waals surface area contributed by atoms with Gasteiger partial charge in [0.05, 0.1) is 5.39 Å². The Labute approximate surface area is 83.7 Å². The van der Waals surface area contributed by atoms with Gasteiger partial charge in [-0.05, 0) is 12.1 Å². The molecule has 0 amide bonds. The molecule has 0 atom stereocenters. The molecular weight excluding hydrogens is 198 g/mol. The number of nitrogen functional groups attached to an aromatic ring is 1. The van der Waals surface area contributed by atoms with Crippen molar-refractivity contribution >= 4 is 23.1 Å². The number of carbonyl (C=O) groups is 1. The molecule has 15 heavy (non-hydrogen) atoms. The van der Waals surface area contributed by atoms with Crippen molar-refractivity contribution in [1.29, 1.82) is 0 Å². The monoisotopic (exact) mass is 205 g/mol. The van der Waals surface area contributed by atoms with Crippen molar-refractivity contribution in [2.45, 2.75) is 0 Å². The minimum atomic E-state index is -0.497. The summed E-state index contributed by atoms with van der Waals surface area (Å²) < 4.78 is 5.03. The van der Waals surface area contributed by atoms with Gasteiger partial charge in [0.25, 0.3) is 0 Å². The molecule has 0 unspecified atom stereocenters. The summed E-state index contributed by atoms with van der Waals surface area (Å²) in [4.78, 5) is 22.2. The lowest BCUT2D eigenvalue weighted by Crippen LogP contribution is -2.11. The van der Waals surface area contributed by atoms with Crippen molar-refractivity contribution in [1.82, 2.24) is 0 Å². The van der Waals surface area contributed by atoms with Crippen molar-refractivity contribution in [3.8, 4) is 5.75 Å². The van der Waals surface area contributed by atoms with Crippen LogP contribution in [0.2, 0.25) is 0 Å². The summed E-state index contributed by atoms with van der Waals surface area (Å²) in [5, 5.41) is 9.38. The van der Waals surface area contributed by atoms with Crippen molar-refractivity contribution in [2.24, 2.45) is 0 Å². The molecule has 2 aromatic rings. The van der Waals surface area contributed by atoms with E-state index in [0.717, 1.165) is 0 Å². The van der Waals surface area contributed by atoms with E-state index < -0.39 is 5.43 Å². The number of aromatic hydroxyl groups is 1. The first-order valence-electron chi connectivity index (χ1n) is 4.14. The quantitative estimate of drug-likeness (QED) is 0.674. The van der Waals surface area contributed by atoms with Crippen LogP contribution < -0.4 is 11.2 Å². The fourth-order valence-electron chi connectivity index (χ4n) is 1.33. The topological polar surface area (TPSA) is 93.5 Å². The SMILES string of the molecule is Nc1oc2cc(O)ccc2c(=O)c1C=O. The lowest BCUT2D eigenvalue weighted by atomic mass is 10.1. The van der Waals surface area contributed by atoms with E-state index in [2.05, 4.69) is 0 Å². The van der Waals surface area contributed by atoms with Gasteiger partial charge in [0.2, 0.25) is 11.3 Å². The molecule has 1 aromatic carbocycles. The van der Waals surface area contributed by atoms with E-state index in [0.29, 0.717) is 6.29 Å². The minimum Gasteiger partial charge on any atom is -0.508 e. The van der Waals surface area contributed by atoms with E-state index in [1.165, 1.54) is 18.2 Å². The van der Waals surface area contributed by atoms with Gasteiger partial charge in [-0.3, -0.25) is 9.59 Å². The Balaban J connectivity index is 2.97. The summed E-state index contributed by atoms with van der Waals surface area (Å²) in [6.07, 6.45) is 0.355. The number of hydrogen-bond acceptors (Lipinski definition) is 5. The van der Waals surface area contributed by atoms with Crippen LogP contribution in [0, 0.1) is 0 Å². The second kappa shape index (κ2) is 3.13. The summed E-state index contributed by atoms with van der Waals surface area (Å²) in [7, 11) is 0. The summed E-state index contributed by atoms with van der Waals surface area (Å²) >= 11 is 0. The highest BCUT2D eigenvalue weighted by Crippen LogP contribution is 2.20. The fourth-order valence-corrected chi connectivity index (χ4v) is 1.33. The van der Waals surface area contributed by atoms with Gasteiger partial charge in [0.15, 0.2) is 6.29 Å². The summed E-state index contributed by atoms with van der Waals surface area (Å²) in [5.74, 6) is -0.281. The van der Waals surface area contributed by atoms with Gasteiger partial charge in [-0.1, -0.05) is 0 Å².